The highest BCUT2D eigenvalue weighted by Gasteiger charge is 2.19. The van der Waals surface area contributed by atoms with E-state index in [0.29, 0.717) is 11.6 Å². The predicted octanol–water partition coefficient (Wildman–Crippen LogP) is 3.73. The number of nitrogens with zero attached hydrogens (tertiary/aromatic N) is 4. The highest BCUT2D eigenvalue weighted by Crippen LogP contribution is 2.19. The van der Waals surface area contributed by atoms with Gasteiger partial charge in [0.1, 0.15) is 0 Å². The van der Waals surface area contributed by atoms with E-state index < -0.39 is 17.7 Å². The number of benzene rings is 2. The number of rotatable bonds is 4. The lowest BCUT2D eigenvalue weighted by Gasteiger charge is -2.36. The van der Waals surface area contributed by atoms with Gasteiger partial charge in [-0.25, -0.2) is 23.5 Å². The molecule has 0 aliphatic carbocycles. The summed E-state index contributed by atoms with van der Waals surface area (Å²) in [4.78, 5) is 25.1. The Hall–Kier alpha value is -3.75. The summed E-state index contributed by atoms with van der Waals surface area (Å²) in [7, 11) is 0. The van der Waals surface area contributed by atoms with E-state index in [2.05, 4.69) is 42.5 Å². The molecular formula is C21H20F2N6O. The van der Waals surface area contributed by atoms with Crippen molar-refractivity contribution in [2.24, 2.45) is 0 Å². The van der Waals surface area contributed by atoms with Crippen LogP contribution in [0.5, 0.6) is 0 Å². The number of hydrogen-bond donors (Lipinski definition) is 2. The molecule has 2 amide bonds. The zero-order chi connectivity index (χ0) is 20.9. The van der Waals surface area contributed by atoms with Crippen molar-refractivity contribution in [2.45, 2.75) is 0 Å². The van der Waals surface area contributed by atoms with Gasteiger partial charge in [0, 0.05) is 43.6 Å². The third kappa shape index (κ3) is 4.62. The molecule has 0 radical (unpaired) electrons. The van der Waals surface area contributed by atoms with Crippen LogP contribution in [0.1, 0.15) is 0 Å². The Morgan fingerprint density at radius 2 is 1.43 bits per heavy atom. The smallest absolute Gasteiger partial charge is 0.323 e. The van der Waals surface area contributed by atoms with Gasteiger partial charge < -0.3 is 20.4 Å². The molecule has 30 heavy (non-hydrogen) atoms. The molecule has 2 N–H and O–H groups in total. The number of halogens is 2. The molecule has 0 bridgehead atoms. The van der Waals surface area contributed by atoms with Crippen molar-refractivity contribution in [3.63, 3.8) is 0 Å². The average molecular weight is 410 g/mol. The molecule has 0 unspecified atom stereocenters. The lowest BCUT2D eigenvalue weighted by molar-refractivity contribution is 0.262. The van der Waals surface area contributed by atoms with Crippen LogP contribution in [0.15, 0.2) is 60.9 Å². The Morgan fingerprint density at radius 1 is 0.800 bits per heavy atom. The van der Waals surface area contributed by atoms with E-state index in [1.54, 1.807) is 0 Å². The fourth-order valence-corrected chi connectivity index (χ4v) is 3.22. The minimum Gasteiger partial charge on any atom is -0.368 e. The van der Waals surface area contributed by atoms with E-state index in [4.69, 9.17) is 0 Å². The Kier molecular flexibility index (Phi) is 5.69. The van der Waals surface area contributed by atoms with Crippen molar-refractivity contribution in [1.82, 2.24) is 9.97 Å². The molecule has 2 heterocycles. The summed E-state index contributed by atoms with van der Waals surface area (Å²) < 4.78 is 26.2. The average Bonchev–Trinajstić information content (AvgIpc) is 2.77. The van der Waals surface area contributed by atoms with Gasteiger partial charge in [-0.05, 0) is 24.3 Å². The van der Waals surface area contributed by atoms with E-state index in [0.717, 1.165) is 38.3 Å². The molecule has 0 spiro atoms. The Morgan fingerprint density at radius 3 is 2.10 bits per heavy atom. The molecule has 3 aromatic rings. The van der Waals surface area contributed by atoms with Crippen LogP contribution >= 0.6 is 0 Å². The number of carbonyl (C=O) groups excluding carboxylic acids is 1. The van der Waals surface area contributed by atoms with Crippen molar-refractivity contribution in [2.75, 3.05) is 46.6 Å². The first-order valence-corrected chi connectivity index (χ1v) is 9.48. The summed E-state index contributed by atoms with van der Waals surface area (Å²) in [5.41, 5.74) is 1.73. The highest BCUT2D eigenvalue weighted by molar-refractivity contribution is 5.99. The summed E-state index contributed by atoms with van der Waals surface area (Å²) in [5.74, 6) is -1.42. The third-order valence-electron chi connectivity index (χ3n) is 4.76. The number of amides is 2. The first-order valence-electron chi connectivity index (χ1n) is 9.48. The van der Waals surface area contributed by atoms with Gasteiger partial charge in [0.05, 0.1) is 18.1 Å². The summed E-state index contributed by atoms with van der Waals surface area (Å²) in [6.07, 6.45) is 3.02. The van der Waals surface area contributed by atoms with Crippen molar-refractivity contribution in [3.8, 4) is 0 Å². The molecule has 7 nitrogen and oxygen atoms in total. The predicted molar refractivity (Wildman–Crippen MR) is 112 cm³/mol. The molecule has 0 saturated carbocycles. The van der Waals surface area contributed by atoms with Crippen LogP contribution in [-0.4, -0.2) is 42.2 Å². The number of para-hydroxylation sites is 1. The van der Waals surface area contributed by atoms with Gasteiger partial charge in [-0.3, -0.25) is 0 Å². The quantitative estimate of drug-likeness (QED) is 0.686. The monoisotopic (exact) mass is 410 g/mol. The van der Waals surface area contributed by atoms with Crippen LogP contribution in [-0.2, 0) is 0 Å². The molecular weight excluding hydrogens is 390 g/mol. The van der Waals surface area contributed by atoms with Crippen LogP contribution < -0.4 is 20.4 Å². The van der Waals surface area contributed by atoms with Gasteiger partial charge in [-0.2, -0.15) is 0 Å². The first kappa shape index (κ1) is 19.6. The number of piperazine rings is 1. The first-order chi connectivity index (χ1) is 14.6. The number of anilines is 4. The summed E-state index contributed by atoms with van der Waals surface area (Å²) in [5, 5.41) is 4.99. The van der Waals surface area contributed by atoms with Gasteiger partial charge >= 0.3 is 6.03 Å². The SMILES string of the molecule is O=C(Nc1cnc(N2CCN(c3ccccc3)CC2)nc1)Nc1ccc(F)c(F)c1. The molecule has 1 aliphatic heterocycles. The van der Waals surface area contributed by atoms with E-state index in [9.17, 15) is 13.6 Å². The Balaban J connectivity index is 1.31. The summed E-state index contributed by atoms with van der Waals surface area (Å²) in [6, 6.07) is 12.8. The minimum absolute atomic E-state index is 0.139. The molecule has 9 heteroatoms. The van der Waals surface area contributed by atoms with Crippen LogP contribution in [0.2, 0.25) is 0 Å². The lowest BCUT2D eigenvalue weighted by Crippen LogP contribution is -2.47. The molecule has 154 valence electrons. The second-order valence-corrected chi connectivity index (χ2v) is 6.79. The molecule has 1 saturated heterocycles. The Bertz CT molecular complexity index is 1010. The van der Waals surface area contributed by atoms with E-state index in [1.165, 1.54) is 24.1 Å². The lowest BCUT2D eigenvalue weighted by atomic mass is 10.2. The van der Waals surface area contributed by atoms with Crippen LogP contribution in [0.3, 0.4) is 0 Å². The second kappa shape index (κ2) is 8.73. The number of aromatic nitrogens is 2. The van der Waals surface area contributed by atoms with E-state index in [-0.39, 0.29) is 5.69 Å². The zero-order valence-electron chi connectivity index (χ0n) is 16.1. The normalized spacial score (nSPS) is 13.8. The fraction of sp³-hybridized carbons (Fsp3) is 0.190. The zero-order valence-corrected chi connectivity index (χ0v) is 16.1. The number of nitrogens with one attached hydrogen (secondary N) is 2. The highest BCUT2D eigenvalue weighted by atomic mass is 19.2. The summed E-state index contributed by atoms with van der Waals surface area (Å²) >= 11 is 0. The number of carbonyl (C=O) groups is 1. The summed E-state index contributed by atoms with van der Waals surface area (Å²) in [6.45, 7) is 3.31. The van der Waals surface area contributed by atoms with Gasteiger partial charge in [0.15, 0.2) is 11.6 Å². The molecule has 2 aromatic carbocycles. The van der Waals surface area contributed by atoms with Crippen LogP contribution in [0.4, 0.5) is 36.6 Å². The third-order valence-corrected chi connectivity index (χ3v) is 4.76. The number of urea groups is 1. The van der Waals surface area contributed by atoms with Crippen LogP contribution in [0, 0.1) is 11.6 Å². The van der Waals surface area contributed by atoms with E-state index >= 15 is 0 Å². The Labute approximate surface area is 172 Å². The largest absolute Gasteiger partial charge is 0.368 e. The van der Waals surface area contributed by atoms with Crippen molar-refractivity contribution in [1.29, 1.82) is 0 Å². The molecule has 1 aromatic heterocycles. The molecule has 1 aliphatic rings. The standard InChI is InChI=1S/C21H20F2N6O/c22-18-7-6-15(12-19(18)23)26-21(30)27-16-13-24-20(25-14-16)29-10-8-28(9-11-29)17-4-2-1-3-5-17/h1-7,12-14H,8-11H2,(H2,26,27,30). The van der Waals surface area contributed by atoms with Gasteiger partial charge in [-0.1, -0.05) is 18.2 Å². The van der Waals surface area contributed by atoms with Gasteiger partial charge in [0.2, 0.25) is 5.95 Å². The van der Waals surface area contributed by atoms with Gasteiger partial charge in [0.25, 0.3) is 0 Å². The molecule has 1 fully saturated rings. The van der Waals surface area contributed by atoms with Crippen molar-refractivity contribution >= 4 is 29.0 Å². The van der Waals surface area contributed by atoms with Crippen molar-refractivity contribution in [3.05, 3.63) is 72.6 Å². The van der Waals surface area contributed by atoms with Crippen LogP contribution in [0.25, 0.3) is 0 Å². The minimum atomic E-state index is -1.03. The van der Waals surface area contributed by atoms with Crippen molar-refractivity contribution < 1.29 is 13.6 Å². The molecule has 4 rings (SSSR count). The maximum Gasteiger partial charge on any atom is 0.323 e. The van der Waals surface area contributed by atoms with E-state index in [1.807, 2.05) is 18.2 Å². The maximum atomic E-state index is 13.2. The maximum absolute atomic E-state index is 13.2. The number of hydrogen-bond acceptors (Lipinski definition) is 5. The fourth-order valence-electron chi connectivity index (χ4n) is 3.22. The topological polar surface area (TPSA) is 73.4 Å². The van der Waals surface area contributed by atoms with Gasteiger partial charge in [-0.15, -0.1) is 0 Å². The molecule has 0 atom stereocenters. The second-order valence-electron chi connectivity index (χ2n) is 6.79.